The highest BCUT2D eigenvalue weighted by atomic mass is 16.5. The molecule has 1 unspecified atom stereocenters. The third kappa shape index (κ3) is 4.18. The molecule has 7 heteroatoms. The minimum atomic E-state index is -0.300. The van der Waals surface area contributed by atoms with Gasteiger partial charge >= 0.3 is 0 Å². The van der Waals surface area contributed by atoms with Gasteiger partial charge in [0.15, 0.2) is 0 Å². The molecule has 2 heterocycles. The number of carbonyl (C=O) groups is 2. The largest absolute Gasteiger partial charge is 0.372 e. The summed E-state index contributed by atoms with van der Waals surface area (Å²) < 4.78 is 16.7. The van der Waals surface area contributed by atoms with Crippen LogP contribution in [0.5, 0.6) is 0 Å². The lowest BCUT2D eigenvalue weighted by Gasteiger charge is -2.52. The monoisotopic (exact) mass is 314 g/mol. The van der Waals surface area contributed by atoms with Crippen LogP contribution in [0.1, 0.15) is 19.8 Å². The molecule has 0 bridgehead atoms. The fraction of sp³-hybridized carbons (Fsp3) is 0.867. The third-order valence-corrected chi connectivity index (χ3v) is 4.13. The fourth-order valence-corrected chi connectivity index (χ4v) is 2.77. The standard InChI is InChI=1S/C15H26N2O5/c1-4-20-8-14(19)17-10-15(11-17)7-12(5-6-22-15)21-9-13(18)16(2)3/h12H,4-11H2,1-3H3. The molecule has 1 spiro atoms. The molecule has 7 nitrogen and oxygen atoms in total. The summed E-state index contributed by atoms with van der Waals surface area (Å²) in [4.78, 5) is 26.7. The van der Waals surface area contributed by atoms with Crippen molar-refractivity contribution in [1.82, 2.24) is 9.80 Å². The average molecular weight is 314 g/mol. The molecule has 2 fully saturated rings. The van der Waals surface area contributed by atoms with Crippen LogP contribution in [0, 0.1) is 0 Å². The Kier molecular flexibility index (Phi) is 5.77. The van der Waals surface area contributed by atoms with Gasteiger partial charge < -0.3 is 24.0 Å². The molecule has 0 aromatic rings. The minimum absolute atomic E-state index is 0.00176. The fourth-order valence-electron chi connectivity index (χ4n) is 2.77. The van der Waals surface area contributed by atoms with Gasteiger partial charge in [0.2, 0.25) is 11.8 Å². The van der Waals surface area contributed by atoms with Gasteiger partial charge in [-0.1, -0.05) is 0 Å². The Balaban J connectivity index is 1.75. The molecule has 2 aliphatic heterocycles. The summed E-state index contributed by atoms with van der Waals surface area (Å²) in [5.74, 6) is -0.0374. The molecular weight excluding hydrogens is 288 g/mol. The van der Waals surface area contributed by atoms with E-state index in [-0.39, 0.29) is 36.7 Å². The van der Waals surface area contributed by atoms with Gasteiger partial charge in [-0.25, -0.2) is 0 Å². The summed E-state index contributed by atoms with van der Waals surface area (Å²) >= 11 is 0. The first-order valence-corrected chi connectivity index (χ1v) is 7.77. The molecule has 0 radical (unpaired) electrons. The lowest BCUT2D eigenvalue weighted by Crippen LogP contribution is -2.67. The van der Waals surface area contributed by atoms with E-state index < -0.39 is 0 Å². The van der Waals surface area contributed by atoms with E-state index in [2.05, 4.69) is 0 Å². The van der Waals surface area contributed by atoms with Crippen LogP contribution in [0.25, 0.3) is 0 Å². The van der Waals surface area contributed by atoms with Crippen molar-refractivity contribution in [3.63, 3.8) is 0 Å². The molecule has 126 valence electrons. The SMILES string of the molecule is CCOCC(=O)N1CC2(CC(OCC(=O)N(C)C)CCO2)C1. The smallest absolute Gasteiger partial charge is 0.248 e. The van der Waals surface area contributed by atoms with Crippen molar-refractivity contribution in [2.24, 2.45) is 0 Å². The van der Waals surface area contributed by atoms with Gasteiger partial charge in [-0.3, -0.25) is 9.59 Å². The lowest BCUT2D eigenvalue weighted by atomic mass is 9.84. The first-order valence-electron chi connectivity index (χ1n) is 7.77. The normalized spacial score (nSPS) is 23.2. The van der Waals surface area contributed by atoms with Crippen molar-refractivity contribution >= 4 is 11.8 Å². The van der Waals surface area contributed by atoms with Gasteiger partial charge in [-0.05, 0) is 13.3 Å². The van der Waals surface area contributed by atoms with Crippen molar-refractivity contribution in [2.75, 3.05) is 53.6 Å². The molecule has 2 rings (SSSR count). The second kappa shape index (κ2) is 7.39. The highest BCUT2D eigenvalue weighted by Gasteiger charge is 2.49. The Bertz CT molecular complexity index is 407. The average Bonchev–Trinajstić information content (AvgIpc) is 2.47. The van der Waals surface area contributed by atoms with Crippen LogP contribution in [-0.2, 0) is 23.8 Å². The number of ether oxygens (including phenoxy) is 3. The van der Waals surface area contributed by atoms with Gasteiger partial charge in [-0.15, -0.1) is 0 Å². The summed E-state index contributed by atoms with van der Waals surface area (Å²) in [5.41, 5.74) is -0.300. The summed E-state index contributed by atoms with van der Waals surface area (Å²) in [6.07, 6.45) is 1.53. The highest BCUT2D eigenvalue weighted by molar-refractivity contribution is 5.78. The Labute approximate surface area is 131 Å². The van der Waals surface area contributed by atoms with Crippen LogP contribution in [0.2, 0.25) is 0 Å². The van der Waals surface area contributed by atoms with Gasteiger partial charge in [-0.2, -0.15) is 0 Å². The van der Waals surface area contributed by atoms with E-state index >= 15 is 0 Å². The molecule has 0 N–H and O–H groups in total. The number of amides is 2. The number of nitrogens with zero attached hydrogens (tertiary/aromatic N) is 2. The van der Waals surface area contributed by atoms with Gasteiger partial charge in [0.1, 0.15) is 18.8 Å². The van der Waals surface area contributed by atoms with E-state index in [1.807, 2.05) is 6.92 Å². The summed E-state index contributed by atoms with van der Waals surface area (Å²) in [6.45, 7) is 4.41. The zero-order valence-corrected chi connectivity index (χ0v) is 13.7. The van der Waals surface area contributed by atoms with E-state index in [1.54, 1.807) is 19.0 Å². The number of hydrogen-bond acceptors (Lipinski definition) is 5. The molecule has 0 aromatic heterocycles. The van der Waals surface area contributed by atoms with E-state index in [0.29, 0.717) is 26.3 Å². The van der Waals surface area contributed by atoms with Crippen LogP contribution < -0.4 is 0 Å². The predicted molar refractivity (Wildman–Crippen MR) is 79.4 cm³/mol. The van der Waals surface area contributed by atoms with Crippen LogP contribution in [0.4, 0.5) is 0 Å². The minimum Gasteiger partial charge on any atom is -0.372 e. The highest BCUT2D eigenvalue weighted by Crippen LogP contribution is 2.35. The summed E-state index contributed by atoms with van der Waals surface area (Å²) in [5, 5.41) is 0. The van der Waals surface area contributed by atoms with E-state index in [9.17, 15) is 9.59 Å². The molecule has 0 aliphatic carbocycles. The Morgan fingerprint density at radius 3 is 2.68 bits per heavy atom. The number of likely N-dealkylation sites (tertiary alicyclic amines) is 1. The van der Waals surface area contributed by atoms with Crippen LogP contribution in [-0.4, -0.2) is 86.9 Å². The second-order valence-electron chi connectivity index (χ2n) is 6.13. The molecule has 0 aromatic carbocycles. The number of carbonyl (C=O) groups excluding carboxylic acids is 2. The first-order chi connectivity index (χ1) is 10.5. The van der Waals surface area contributed by atoms with Crippen LogP contribution >= 0.6 is 0 Å². The number of likely N-dealkylation sites (N-methyl/N-ethyl adjacent to an activating group) is 1. The molecule has 2 aliphatic rings. The van der Waals surface area contributed by atoms with Crippen molar-refractivity contribution in [3.8, 4) is 0 Å². The predicted octanol–water partition coefficient (Wildman–Crippen LogP) is -0.112. The summed E-state index contributed by atoms with van der Waals surface area (Å²) in [6, 6.07) is 0. The molecule has 0 saturated carbocycles. The lowest BCUT2D eigenvalue weighted by molar-refractivity contribution is -0.203. The summed E-state index contributed by atoms with van der Waals surface area (Å²) in [7, 11) is 3.43. The van der Waals surface area contributed by atoms with Gasteiger partial charge in [0.05, 0.1) is 19.2 Å². The maximum Gasteiger partial charge on any atom is 0.248 e. The zero-order valence-electron chi connectivity index (χ0n) is 13.7. The molecule has 1 atom stereocenters. The molecule has 22 heavy (non-hydrogen) atoms. The Hall–Kier alpha value is -1.18. The second-order valence-corrected chi connectivity index (χ2v) is 6.13. The van der Waals surface area contributed by atoms with Gasteiger partial charge in [0.25, 0.3) is 0 Å². The van der Waals surface area contributed by atoms with Crippen molar-refractivity contribution in [1.29, 1.82) is 0 Å². The molecular formula is C15H26N2O5. The molecule has 2 amide bonds. The van der Waals surface area contributed by atoms with Crippen LogP contribution in [0.3, 0.4) is 0 Å². The Morgan fingerprint density at radius 2 is 2.05 bits per heavy atom. The Morgan fingerprint density at radius 1 is 1.32 bits per heavy atom. The molecule has 2 saturated heterocycles. The number of rotatable bonds is 6. The van der Waals surface area contributed by atoms with E-state index in [1.165, 1.54) is 4.90 Å². The quantitative estimate of drug-likeness (QED) is 0.684. The number of hydrogen-bond donors (Lipinski definition) is 0. The topological polar surface area (TPSA) is 68.3 Å². The van der Waals surface area contributed by atoms with Crippen molar-refractivity contribution in [3.05, 3.63) is 0 Å². The van der Waals surface area contributed by atoms with E-state index in [0.717, 1.165) is 12.8 Å². The van der Waals surface area contributed by atoms with E-state index in [4.69, 9.17) is 14.2 Å². The van der Waals surface area contributed by atoms with Crippen molar-refractivity contribution in [2.45, 2.75) is 31.5 Å². The van der Waals surface area contributed by atoms with Crippen LogP contribution in [0.15, 0.2) is 0 Å². The maximum atomic E-state index is 11.8. The zero-order chi connectivity index (χ0) is 16.2. The third-order valence-electron chi connectivity index (χ3n) is 4.13. The van der Waals surface area contributed by atoms with Crippen molar-refractivity contribution < 1.29 is 23.8 Å². The van der Waals surface area contributed by atoms with Gasteiger partial charge in [0, 0.05) is 33.7 Å². The first kappa shape index (κ1) is 17.2. The maximum absolute atomic E-state index is 11.8.